The number of amidine groups is 1. The number of methoxy groups -OCH3 is 3. The molecule has 42 heavy (non-hydrogen) atoms. The molecular formula is C28H37N7O6S. The molecule has 14 heteroatoms. The molecule has 1 aromatic carbocycles. The van der Waals surface area contributed by atoms with Gasteiger partial charge in [0.25, 0.3) is 0 Å². The lowest BCUT2D eigenvalue weighted by Crippen LogP contribution is -2.43. The molecule has 0 bridgehead atoms. The number of aliphatic imine (C=N–C) groups is 2. The van der Waals surface area contributed by atoms with E-state index in [0.717, 1.165) is 5.57 Å². The Labute approximate surface area is 246 Å². The van der Waals surface area contributed by atoms with Gasteiger partial charge < -0.3 is 18.9 Å². The number of ether oxygens (including phenoxy) is 4. The molecule has 1 N–H and O–H groups in total. The molecule has 13 nitrogen and oxygen atoms in total. The van der Waals surface area contributed by atoms with Crippen LogP contribution in [0.4, 0.5) is 5.95 Å². The first kappa shape index (κ1) is 32.2. The lowest BCUT2D eigenvalue weighted by atomic mass is 10.2. The summed E-state index contributed by atoms with van der Waals surface area (Å²) in [7, 11) is 0.248. The van der Waals surface area contributed by atoms with Gasteiger partial charge in [-0.15, -0.1) is 10.2 Å². The van der Waals surface area contributed by atoms with E-state index < -0.39 is 21.4 Å². The molecule has 0 radical (unpaired) electrons. The van der Waals surface area contributed by atoms with E-state index in [0.29, 0.717) is 28.8 Å². The molecule has 0 unspecified atom stereocenters. The predicted octanol–water partition coefficient (Wildman–Crippen LogP) is 4.30. The molecule has 226 valence electrons. The van der Waals surface area contributed by atoms with Crippen LogP contribution >= 0.6 is 0 Å². The number of para-hydroxylation sites is 1. The molecule has 0 spiro atoms. The summed E-state index contributed by atoms with van der Waals surface area (Å²) >= 11 is 0. The number of allylic oxidation sites excluding steroid dienone is 1. The van der Waals surface area contributed by atoms with Crippen LogP contribution in [0.2, 0.25) is 0 Å². The van der Waals surface area contributed by atoms with Crippen molar-refractivity contribution in [3.8, 4) is 34.6 Å². The minimum absolute atomic E-state index is 0.122. The van der Waals surface area contributed by atoms with Crippen LogP contribution < -0.4 is 18.9 Å². The molecule has 0 saturated heterocycles. The fraction of sp³-hybridized carbons (Fsp3) is 0.393. The SMILES string of the molecule is C=NC(=NC=C(C)C)[C@H](OC(C)C)[C@@H](C)S(=O)(=O)Nc1nnc(-c2cccc(OC)n2)n1-c1c(OC)cccc1OC. The molecule has 0 aliphatic heterocycles. The van der Waals surface area contributed by atoms with Gasteiger partial charge in [-0.05, 0) is 59.5 Å². The second kappa shape index (κ2) is 14.0. The number of nitrogens with one attached hydrogen (secondary N) is 1. The maximum atomic E-state index is 13.9. The van der Waals surface area contributed by atoms with E-state index in [9.17, 15) is 8.42 Å². The third-order valence-corrected chi connectivity index (χ3v) is 7.58. The van der Waals surface area contributed by atoms with Gasteiger partial charge in [-0.2, -0.15) is 0 Å². The van der Waals surface area contributed by atoms with Crippen molar-refractivity contribution in [2.45, 2.75) is 52.1 Å². The van der Waals surface area contributed by atoms with E-state index in [2.05, 4.69) is 36.6 Å². The Kier molecular flexibility index (Phi) is 10.8. The van der Waals surface area contributed by atoms with E-state index in [1.54, 1.807) is 56.4 Å². The van der Waals surface area contributed by atoms with E-state index in [1.807, 2.05) is 13.8 Å². The molecule has 0 aliphatic rings. The van der Waals surface area contributed by atoms with Gasteiger partial charge in [0.15, 0.2) is 11.7 Å². The van der Waals surface area contributed by atoms with Crippen LogP contribution in [0.5, 0.6) is 17.4 Å². The number of hydrogen-bond acceptors (Lipinski definition) is 10. The molecule has 0 fully saturated rings. The van der Waals surface area contributed by atoms with Gasteiger partial charge in [-0.25, -0.2) is 23.4 Å². The molecule has 0 aliphatic carbocycles. The van der Waals surface area contributed by atoms with Gasteiger partial charge in [0, 0.05) is 12.3 Å². The van der Waals surface area contributed by atoms with Gasteiger partial charge in [0.2, 0.25) is 21.9 Å². The topological polar surface area (TPSA) is 151 Å². The fourth-order valence-corrected chi connectivity index (χ4v) is 4.97. The van der Waals surface area contributed by atoms with E-state index >= 15 is 0 Å². The third kappa shape index (κ3) is 7.31. The standard InChI is InChI=1S/C28H37N7O6S/c1-17(2)16-30-26(29-6)25(41-18(3)4)19(5)42(36,37)34-28-33-32-27(20-12-10-15-23(31-20)40-9)35(28)24-21(38-7)13-11-14-22(24)39-8/h10-16,18-19,25H,6H2,1-5,7-9H3,(H,33,34)/t19-,25-/m1/s1. The zero-order valence-corrected chi connectivity index (χ0v) is 25.8. The van der Waals surface area contributed by atoms with Crippen LogP contribution in [0, 0.1) is 0 Å². The van der Waals surface area contributed by atoms with Crippen molar-refractivity contribution in [3.63, 3.8) is 0 Å². The lowest BCUT2D eigenvalue weighted by Gasteiger charge is -2.26. The Morgan fingerprint density at radius 3 is 2.19 bits per heavy atom. The molecule has 0 amide bonds. The Morgan fingerprint density at radius 2 is 1.64 bits per heavy atom. The largest absolute Gasteiger partial charge is 0.494 e. The molecule has 3 aromatic rings. The quantitative estimate of drug-likeness (QED) is 0.224. The number of pyridine rings is 1. The maximum absolute atomic E-state index is 13.9. The average Bonchev–Trinajstić information content (AvgIpc) is 3.37. The van der Waals surface area contributed by atoms with E-state index in [1.165, 1.54) is 32.8 Å². The summed E-state index contributed by atoms with van der Waals surface area (Å²) in [5.41, 5.74) is 1.61. The predicted molar refractivity (Wildman–Crippen MR) is 163 cm³/mol. The van der Waals surface area contributed by atoms with Crippen molar-refractivity contribution in [2.24, 2.45) is 9.98 Å². The van der Waals surface area contributed by atoms with Crippen LogP contribution in [0.3, 0.4) is 0 Å². The summed E-state index contributed by atoms with van der Waals surface area (Å²) in [6.45, 7) is 12.4. The number of aromatic nitrogens is 4. The molecule has 2 atom stereocenters. The first-order valence-electron chi connectivity index (χ1n) is 13.0. The highest BCUT2D eigenvalue weighted by Crippen LogP contribution is 2.37. The summed E-state index contributed by atoms with van der Waals surface area (Å²) in [5, 5.41) is 7.31. The highest BCUT2D eigenvalue weighted by Gasteiger charge is 2.36. The average molecular weight is 600 g/mol. The van der Waals surface area contributed by atoms with Crippen LogP contribution in [-0.4, -0.2) is 79.5 Å². The van der Waals surface area contributed by atoms with Crippen LogP contribution in [-0.2, 0) is 14.8 Å². The van der Waals surface area contributed by atoms with Gasteiger partial charge in [-0.3, -0.25) is 9.29 Å². The smallest absolute Gasteiger partial charge is 0.243 e. The van der Waals surface area contributed by atoms with Crippen molar-refractivity contribution in [2.75, 3.05) is 26.1 Å². The number of anilines is 1. The van der Waals surface area contributed by atoms with Crippen molar-refractivity contribution < 1.29 is 27.4 Å². The summed E-state index contributed by atoms with van der Waals surface area (Å²) < 4.78 is 54.4. The highest BCUT2D eigenvalue weighted by atomic mass is 32.2. The van der Waals surface area contributed by atoms with Gasteiger partial charge in [-0.1, -0.05) is 17.7 Å². The molecule has 2 heterocycles. The zero-order valence-electron chi connectivity index (χ0n) is 25.0. The summed E-state index contributed by atoms with van der Waals surface area (Å²) in [6, 6.07) is 10.3. The number of nitrogens with zero attached hydrogens (tertiary/aromatic N) is 6. The van der Waals surface area contributed by atoms with Gasteiger partial charge in [0.1, 0.15) is 34.2 Å². The number of hydrogen-bond donors (Lipinski definition) is 1. The Balaban J connectivity index is 2.22. The van der Waals surface area contributed by atoms with Crippen molar-refractivity contribution in [1.82, 2.24) is 19.7 Å². The first-order chi connectivity index (χ1) is 20.0. The minimum Gasteiger partial charge on any atom is -0.494 e. The Morgan fingerprint density at radius 1 is 1.00 bits per heavy atom. The highest BCUT2D eigenvalue weighted by molar-refractivity contribution is 7.93. The number of sulfonamides is 1. The Bertz CT molecular complexity index is 1540. The zero-order chi connectivity index (χ0) is 31.0. The second-order valence-electron chi connectivity index (χ2n) is 9.57. The normalized spacial score (nSPS) is 13.3. The van der Waals surface area contributed by atoms with Crippen molar-refractivity contribution in [1.29, 1.82) is 0 Å². The monoisotopic (exact) mass is 599 g/mol. The van der Waals surface area contributed by atoms with Crippen LogP contribution in [0.25, 0.3) is 17.2 Å². The molecule has 0 saturated carbocycles. The Hall–Kier alpha value is -4.30. The minimum atomic E-state index is -4.22. The van der Waals surface area contributed by atoms with Crippen LogP contribution in [0.15, 0.2) is 58.2 Å². The van der Waals surface area contributed by atoms with Crippen LogP contribution in [0.1, 0.15) is 34.6 Å². The fourth-order valence-electron chi connectivity index (χ4n) is 3.89. The number of benzene rings is 1. The van der Waals surface area contributed by atoms with Gasteiger partial charge >= 0.3 is 0 Å². The number of rotatable bonds is 13. The summed E-state index contributed by atoms with van der Waals surface area (Å²) in [6.07, 6.45) is 0.191. The molecule has 3 rings (SSSR count). The van der Waals surface area contributed by atoms with Gasteiger partial charge in [0.05, 0.1) is 27.4 Å². The van der Waals surface area contributed by atoms with Crippen molar-refractivity contribution >= 4 is 28.5 Å². The maximum Gasteiger partial charge on any atom is 0.243 e. The second-order valence-corrected chi connectivity index (χ2v) is 11.6. The van der Waals surface area contributed by atoms with E-state index in [-0.39, 0.29) is 23.7 Å². The van der Waals surface area contributed by atoms with E-state index in [4.69, 9.17) is 18.9 Å². The summed E-state index contributed by atoms with van der Waals surface area (Å²) in [4.78, 5) is 12.8. The lowest BCUT2D eigenvalue weighted by molar-refractivity contribution is 0.0459. The third-order valence-electron chi connectivity index (χ3n) is 5.89. The van der Waals surface area contributed by atoms with Crippen molar-refractivity contribution in [3.05, 3.63) is 48.2 Å². The molecule has 2 aromatic heterocycles. The summed E-state index contributed by atoms with van der Waals surface area (Å²) in [5.74, 6) is 1.27. The molecular weight excluding hydrogens is 562 g/mol. The first-order valence-corrected chi connectivity index (χ1v) is 14.5.